The Labute approximate surface area is 169 Å². The molecule has 2 unspecified atom stereocenters. The van der Waals surface area contributed by atoms with Crippen LogP contribution in [-0.4, -0.2) is 39.0 Å². The highest BCUT2D eigenvalue weighted by molar-refractivity contribution is 6.25. The van der Waals surface area contributed by atoms with E-state index in [9.17, 15) is 14.0 Å². The number of imide groups is 1. The molecule has 5 rings (SSSR count). The van der Waals surface area contributed by atoms with Gasteiger partial charge in [-0.1, -0.05) is 46.8 Å². The first-order chi connectivity index (χ1) is 14.5. The van der Waals surface area contributed by atoms with Gasteiger partial charge in [0, 0.05) is 5.56 Å². The maximum Gasteiger partial charge on any atom is 0.263 e. The maximum atomic E-state index is 14.0. The smallest absolute Gasteiger partial charge is 0.263 e. The quantitative estimate of drug-likeness (QED) is 0.617. The predicted octanol–water partition coefficient (Wildman–Crippen LogP) is 2.68. The number of amides is 2. The summed E-state index contributed by atoms with van der Waals surface area (Å²) < 4.78 is 19.2. The molecule has 2 atom stereocenters. The summed E-state index contributed by atoms with van der Waals surface area (Å²) in [6.07, 6.45) is 0. The van der Waals surface area contributed by atoms with Crippen molar-refractivity contribution in [2.45, 2.75) is 25.6 Å². The molecule has 0 saturated carbocycles. The molecule has 2 amide bonds. The van der Waals surface area contributed by atoms with Crippen LogP contribution in [0, 0.1) is 12.7 Å². The van der Waals surface area contributed by atoms with Crippen molar-refractivity contribution >= 4 is 17.5 Å². The van der Waals surface area contributed by atoms with Crippen molar-refractivity contribution in [1.82, 2.24) is 15.1 Å². The fourth-order valence-electron chi connectivity index (χ4n) is 3.49. The summed E-state index contributed by atoms with van der Waals surface area (Å²) >= 11 is 0. The van der Waals surface area contributed by atoms with Crippen LogP contribution in [-0.2, 0) is 16.1 Å². The first kappa shape index (κ1) is 18.1. The summed E-state index contributed by atoms with van der Waals surface area (Å²) in [5, 5.41) is 13.2. The summed E-state index contributed by atoms with van der Waals surface area (Å²) in [4.78, 5) is 31.0. The van der Waals surface area contributed by atoms with Gasteiger partial charge in [-0.15, -0.1) is 0 Å². The van der Waals surface area contributed by atoms with Crippen LogP contribution in [0.2, 0.25) is 0 Å². The van der Waals surface area contributed by atoms with Crippen molar-refractivity contribution in [2.24, 2.45) is 10.3 Å². The molecule has 3 heterocycles. The molecule has 0 N–H and O–H groups in total. The number of aromatic nitrogens is 2. The Morgan fingerprint density at radius 2 is 1.90 bits per heavy atom. The fraction of sp³-hybridized carbons (Fsp3) is 0.200. The third-order valence-corrected chi connectivity index (χ3v) is 5.07. The maximum absolute atomic E-state index is 14.0. The van der Waals surface area contributed by atoms with Gasteiger partial charge < -0.3 is 4.52 Å². The van der Waals surface area contributed by atoms with E-state index in [1.807, 2.05) is 30.3 Å². The van der Waals surface area contributed by atoms with E-state index in [1.165, 1.54) is 17.1 Å². The number of benzene rings is 2. The predicted molar refractivity (Wildman–Crippen MR) is 101 cm³/mol. The lowest BCUT2D eigenvalue weighted by Crippen LogP contribution is -2.39. The van der Waals surface area contributed by atoms with Crippen LogP contribution in [0.5, 0.6) is 0 Å². The summed E-state index contributed by atoms with van der Waals surface area (Å²) in [5.41, 5.74) is 1.37. The Hall–Kier alpha value is -3.95. The minimum Gasteiger partial charge on any atom is -0.337 e. The van der Waals surface area contributed by atoms with E-state index < -0.39 is 29.7 Å². The first-order valence-corrected chi connectivity index (χ1v) is 9.22. The van der Waals surface area contributed by atoms with E-state index in [0.717, 1.165) is 16.5 Å². The highest BCUT2D eigenvalue weighted by Gasteiger charge is 2.55. The second-order valence-corrected chi connectivity index (χ2v) is 7.02. The normalized spacial score (nSPS) is 20.3. The third kappa shape index (κ3) is 2.84. The highest BCUT2D eigenvalue weighted by atomic mass is 19.1. The number of fused-ring (bicyclic) bond motifs is 1. The topological polar surface area (TPSA) is 104 Å². The number of anilines is 1. The van der Waals surface area contributed by atoms with Crippen molar-refractivity contribution in [3.8, 4) is 11.4 Å². The number of hydrogen-bond acceptors (Lipinski definition) is 8. The van der Waals surface area contributed by atoms with Crippen molar-refractivity contribution in [3.63, 3.8) is 0 Å². The average molecular weight is 406 g/mol. The number of hydrogen-bond donors (Lipinski definition) is 0. The Morgan fingerprint density at radius 3 is 2.67 bits per heavy atom. The van der Waals surface area contributed by atoms with E-state index in [0.29, 0.717) is 11.4 Å². The fourth-order valence-corrected chi connectivity index (χ4v) is 3.49. The van der Waals surface area contributed by atoms with Crippen LogP contribution in [0.25, 0.3) is 11.4 Å². The zero-order chi connectivity index (χ0) is 20.8. The Bertz CT molecular complexity index is 1180. The highest BCUT2D eigenvalue weighted by Crippen LogP contribution is 2.33. The minimum atomic E-state index is -0.988. The summed E-state index contributed by atoms with van der Waals surface area (Å²) in [6.45, 7) is 1.62. The third-order valence-electron chi connectivity index (χ3n) is 5.07. The summed E-state index contributed by atoms with van der Waals surface area (Å²) in [6, 6.07) is 11.6. The lowest BCUT2D eigenvalue weighted by atomic mass is 10.1. The zero-order valence-corrected chi connectivity index (χ0v) is 15.8. The van der Waals surface area contributed by atoms with Gasteiger partial charge in [-0.25, -0.2) is 9.29 Å². The molecule has 0 bridgehead atoms. The van der Waals surface area contributed by atoms with Gasteiger partial charge >= 0.3 is 0 Å². The molecule has 150 valence electrons. The van der Waals surface area contributed by atoms with Gasteiger partial charge in [0.15, 0.2) is 12.1 Å². The van der Waals surface area contributed by atoms with Crippen molar-refractivity contribution in [1.29, 1.82) is 0 Å². The van der Waals surface area contributed by atoms with Crippen LogP contribution < -0.4 is 4.90 Å². The lowest BCUT2D eigenvalue weighted by molar-refractivity contribution is -0.123. The van der Waals surface area contributed by atoms with Crippen LogP contribution >= 0.6 is 0 Å². The van der Waals surface area contributed by atoms with Gasteiger partial charge in [0.05, 0.1) is 5.69 Å². The van der Waals surface area contributed by atoms with Gasteiger partial charge in [0.2, 0.25) is 11.7 Å². The molecular weight excluding hydrogens is 391 g/mol. The molecule has 2 aliphatic heterocycles. The Balaban J connectivity index is 1.38. The van der Waals surface area contributed by atoms with Gasteiger partial charge in [-0.3, -0.25) is 14.6 Å². The minimum absolute atomic E-state index is 0.0135. The molecule has 1 saturated heterocycles. The number of halogens is 1. The molecular formula is C20H15FN6O3. The molecule has 3 aromatic rings. The number of nitrogens with zero attached hydrogens (tertiary/aromatic N) is 6. The summed E-state index contributed by atoms with van der Waals surface area (Å²) in [5.74, 6) is -0.934. The van der Waals surface area contributed by atoms with Crippen molar-refractivity contribution in [3.05, 3.63) is 65.8 Å². The molecule has 2 aliphatic rings. The lowest BCUT2D eigenvalue weighted by Gasteiger charge is -2.19. The summed E-state index contributed by atoms with van der Waals surface area (Å²) in [7, 11) is 0. The molecule has 0 spiro atoms. The molecule has 9 nitrogen and oxygen atoms in total. The Kier molecular flexibility index (Phi) is 4.12. The van der Waals surface area contributed by atoms with E-state index in [2.05, 4.69) is 20.5 Å². The molecule has 2 aromatic carbocycles. The van der Waals surface area contributed by atoms with Crippen molar-refractivity contribution < 1.29 is 18.5 Å². The van der Waals surface area contributed by atoms with Crippen LogP contribution in [0.4, 0.5) is 10.1 Å². The molecule has 30 heavy (non-hydrogen) atoms. The number of carbonyl (C=O) groups is 2. The van der Waals surface area contributed by atoms with E-state index >= 15 is 0 Å². The standard InChI is InChI=1S/C20H15FN6O3/c1-11-7-8-13(9-14(11)21)27-19(28)16-17(20(27)29)26(25-23-16)10-15-22-18(24-30-15)12-5-3-2-4-6-12/h2-9,16-17H,10H2,1H3. The Morgan fingerprint density at radius 1 is 1.10 bits per heavy atom. The SMILES string of the molecule is Cc1ccc(N2C(=O)C3N=NN(Cc4nc(-c5ccccc5)no4)C3C2=O)cc1F. The van der Waals surface area contributed by atoms with Gasteiger partial charge in [-0.2, -0.15) is 10.1 Å². The van der Waals surface area contributed by atoms with Crippen LogP contribution in [0.3, 0.4) is 0 Å². The van der Waals surface area contributed by atoms with E-state index in [1.54, 1.807) is 6.92 Å². The van der Waals surface area contributed by atoms with Crippen LogP contribution in [0.1, 0.15) is 11.5 Å². The molecule has 0 aliphatic carbocycles. The second kappa shape index (κ2) is 6.83. The number of carbonyl (C=O) groups excluding carboxylic acids is 2. The zero-order valence-electron chi connectivity index (χ0n) is 15.8. The second-order valence-electron chi connectivity index (χ2n) is 7.02. The van der Waals surface area contributed by atoms with Gasteiger partial charge in [0.1, 0.15) is 12.4 Å². The largest absolute Gasteiger partial charge is 0.337 e. The molecule has 0 radical (unpaired) electrons. The number of rotatable bonds is 4. The molecule has 1 fully saturated rings. The monoisotopic (exact) mass is 406 g/mol. The molecule has 1 aromatic heterocycles. The van der Waals surface area contributed by atoms with Gasteiger partial charge in [-0.05, 0) is 24.6 Å². The van der Waals surface area contributed by atoms with E-state index in [4.69, 9.17) is 4.52 Å². The van der Waals surface area contributed by atoms with Crippen LogP contribution in [0.15, 0.2) is 63.4 Å². The van der Waals surface area contributed by atoms with Gasteiger partial charge in [0.25, 0.3) is 11.8 Å². The van der Waals surface area contributed by atoms with E-state index in [-0.39, 0.29) is 18.1 Å². The molecule has 10 heteroatoms. The number of aryl methyl sites for hydroxylation is 1. The average Bonchev–Trinajstić information content (AvgIpc) is 3.44. The van der Waals surface area contributed by atoms with Crippen molar-refractivity contribution in [2.75, 3.05) is 4.90 Å². The first-order valence-electron chi connectivity index (χ1n) is 9.22.